The van der Waals surface area contributed by atoms with Crippen LogP contribution in [0, 0.1) is 6.92 Å². The van der Waals surface area contributed by atoms with Gasteiger partial charge in [0.2, 0.25) is 0 Å². The highest BCUT2D eigenvalue weighted by Crippen LogP contribution is 2.21. The van der Waals surface area contributed by atoms with Gasteiger partial charge in [-0.05, 0) is 44.7 Å². The Kier molecular flexibility index (Phi) is 11.5. The van der Waals surface area contributed by atoms with Gasteiger partial charge in [0.1, 0.15) is 12.4 Å². The third-order valence-corrected chi connectivity index (χ3v) is 4.65. The molecule has 29 heavy (non-hydrogen) atoms. The molecule has 0 saturated carbocycles. The summed E-state index contributed by atoms with van der Waals surface area (Å²) in [6.45, 7) is 9.80. The van der Waals surface area contributed by atoms with E-state index in [0.717, 1.165) is 69.4 Å². The van der Waals surface area contributed by atoms with E-state index in [9.17, 15) is 0 Å². The minimum absolute atomic E-state index is 0.351. The summed E-state index contributed by atoms with van der Waals surface area (Å²) < 4.78 is 22.2. The van der Waals surface area contributed by atoms with Gasteiger partial charge < -0.3 is 29.6 Å². The van der Waals surface area contributed by atoms with Crippen LogP contribution < -0.4 is 15.4 Å². The topological polar surface area (TPSA) is 73.3 Å². The highest BCUT2D eigenvalue weighted by molar-refractivity contribution is 5.79. The number of hydrogen-bond donors (Lipinski definition) is 2. The molecule has 0 spiro atoms. The standard InChI is InChI=1S/C22H37N3O4/c1-4-23-22(24-10-5-11-28-20-8-12-27-13-9-20)25-17-19-7-6-18(2)16-21(19)29-15-14-26-3/h6-7,16,20H,4-5,8-15,17H2,1-3H3,(H2,23,24,25). The highest BCUT2D eigenvalue weighted by Gasteiger charge is 2.13. The molecule has 0 aromatic heterocycles. The zero-order valence-corrected chi connectivity index (χ0v) is 18.2. The van der Waals surface area contributed by atoms with Crippen LogP contribution in [-0.4, -0.2) is 65.3 Å². The van der Waals surface area contributed by atoms with E-state index in [-0.39, 0.29) is 0 Å². The van der Waals surface area contributed by atoms with Gasteiger partial charge in [-0.15, -0.1) is 0 Å². The fraction of sp³-hybridized carbons (Fsp3) is 0.682. The number of rotatable bonds is 12. The fourth-order valence-electron chi connectivity index (χ4n) is 3.04. The van der Waals surface area contributed by atoms with Gasteiger partial charge in [0.15, 0.2) is 5.96 Å². The molecule has 1 heterocycles. The lowest BCUT2D eigenvalue weighted by atomic mass is 10.1. The van der Waals surface area contributed by atoms with Gasteiger partial charge in [-0.1, -0.05) is 12.1 Å². The highest BCUT2D eigenvalue weighted by atomic mass is 16.5. The fourth-order valence-corrected chi connectivity index (χ4v) is 3.04. The minimum atomic E-state index is 0.351. The maximum Gasteiger partial charge on any atom is 0.191 e. The molecule has 0 bridgehead atoms. The Bertz CT molecular complexity index is 604. The summed E-state index contributed by atoms with van der Waals surface area (Å²) >= 11 is 0. The molecule has 1 aliphatic heterocycles. The number of nitrogens with one attached hydrogen (secondary N) is 2. The van der Waals surface area contributed by atoms with E-state index >= 15 is 0 Å². The van der Waals surface area contributed by atoms with Gasteiger partial charge in [0, 0.05) is 45.6 Å². The Hall–Kier alpha value is -1.83. The van der Waals surface area contributed by atoms with Crippen molar-refractivity contribution in [3.8, 4) is 5.75 Å². The number of aryl methyl sites for hydroxylation is 1. The molecular formula is C22H37N3O4. The van der Waals surface area contributed by atoms with Crippen LogP contribution >= 0.6 is 0 Å². The van der Waals surface area contributed by atoms with Crippen molar-refractivity contribution in [2.45, 2.75) is 45.8 Å². The molecule has 1 aliphatic rings. The van der Waals surface area contributed by atoms with Gasteiger partial charge in [0.25, 0.3) is 0 Å². The number of ether oxygens (including phenoxy) is 4. The first-order chi connectivity index (χ1) is 14.2. The lowest BCUT2D eigenvalue weighted by molar-refractivity contribution is -0.0320. The van der Waals surface area contributed by atoms with Crippen LogP contribution in [0.3, 0.4) is 0 Å². The predicted molar refractivity (Wildman–Crippen MR) is 116 cm³/mol. The molecule has 2 rings (SSSR count). The maximum atomic E-state index is 5.92. The second-order valence-corrected chi connectivity index (χ2v) is 7.11. The summed E-state index contributed by atoms with van der Waals surface area (Å²) in [7, 11) is 1.67. The zero-order chi connectivity index (χ0) is 20.7. The van der Waals surface area contributed by atoms with Crippen LogP contribution in [-0.2, 0) is 20.8 Å². The summed E-state index contributed by atoms with van der Waals surface area (Å²) in [5.41, 5.74) is 2.23. The Balaban J connectivity index is 1.80. The van der Waals surface area contributed by atoms with Crippen LogP contribution in [0.25, 0.3) is 0 Å². The van der Waals surface area contributed by atoms with Gasteiger partial charge in [-0.25, -0.2) is 4.99 Å². The van der Waals surface area contributed by atoms with Crippen molar-refractivity contribution >= 4 is 5.96 Å². The Labute approximate surface area is 175 Å². The third kappa shape index (κ3) is 9.47. The summed E-state index contributed by atoms with van der Waals surface area (Å²) in [5, 5.41) is 6.68. The first-order valence-electron chi connectivity index (χ1n) is 10.7. The first-order valence-corrected chi connectivity index (χ1v) is 10.7. The van der Waals surface area contributed by atoms with E-state index in [1.54, 1.807) is 7.11 Å². The quantitative estimate of drug-likeness (QED) is 0.315. The van der Waals surface area contributed by atoms with E-state index in [4.69, 9.17) is 23.9 Å². The molecule has 1 fully saturated rings. The van der Waals surface area contributed by atoms with Gasteiger partial charge >= 0.3 is 0 Å². The molecule has 1 aromatic rings. The summed E-state index contributed by atoms with van der Waals surface area (Å²) in [5.74, 6) is 1.67. The lowest BCUT2D eigenvalue weighted by Gasteiger charge is -2.22. The SMILES string of the molecule is CCNC(=NCc1ccc(C)cc1OCCOC)NCCCOC1CCOCC1. The lowest BCUT2D eigenvalue weighted by Crippen LogP contribution is -2.38. The number of aliphatic imine (C=N–C) groups is 1. The summed E-state index contributed by atoms with van der Waals surface area (Å²) in [6.07, 6.45) is 3.30. The second kappa shape index (κ2) is 14.2. The van der Waals surface area contributed by atoms with E-state index in [0.29, 0.717) is 25.9 Å². The number of nitrogens with zero attached hydrogens (tertiary/aromatic N) is 1. The molecule has 0 unspecified atom stereocenters. The smallest absolute Gasteiger partial charge is 0.191 e. The molecule has 2 N–H and O–H groups in total. The zero-order valence-electron chi connectivity index (χ0n) is 18.2. The summed E-state index contributed by atoms with van der Waals surface area (Å²) in [4.78, 5) is 4.72. The van der Waals surface area contributed by atoms with Crippen molar-refractivity contribution in [3.63, 3.8) is 0 Å². The molecular weight excluding hydrogens is 370 g/mol. The third-order valence-electron chi connectivity index (χ3n) is 4.65. The van der Waals surface area contributed by atoms with Gasteiger partial charge in [-0.2, -0.15) is 0 Å². The normalized spacial score (nSPS) is 15.3. The van der Waals surface area contributed by atoms with Crippen LogP contribution in [0.2, 0.25) is 0 Å². The maximum absolute atomic E-state index is 5.92. The number of methoxy groups -OCH3 is 1. The average Bonchev–Trinajstić information content (AvgIpc) is 2.73. The van der Waals surface area contributed by atoms with E-state index in [1.807, 2.05) is 0 Å². The molecule has 7 heteroatoms. The largest absolute Gasteiger partial charge is 0.491 e. The van der Waals surface area contributed by atoms with Crippen LogP contribution in [0.4, 0.5) is 0 Å². The van der Waals surface area contributed by atoms with Gasteiger partial charge in [0.05, 0.1) is 19.3 Å². The van der Waals surface area contributed by atoms with Crippen molar-refractivity contribution in [2.75, 3.05) is 53.2 Å². The molecule has 0 atom stereocenters. The van der Waals surface area contributed by atoms with E-state index in [1.165, 1.54) is 5.56 Å². The van der Waals surface area contributed by atoms with Crippen LogP contribution in [0.5, 0.6) is 5.75 Å². The average molecular weight is 408 g/mol. The second-order valence-electron chi connectivity index (χ2n) is 7.11. The molecule has 0 amide bonds. The molecule has 0 radical (unpaired) electrons. The molecule has 1 aromatic carbocycles. The van der Waals surface area contributed by atoms with Crippen molar-refractivity contribution < 1.29 is 18.9 Å². The Morgan fingerprint density at radius 1 is 1.17 bits per heavy atom. The van der Waals surface area contributed by atoms with Crippen molar-refractivity contribution in [1.82, 2.24) is 10.6 Å². The van der Waals surface area contributed by atoms with Crippen molar-refractivity contribution in [3.05, 3.63) is 29.3 Å². The Morgan fingerprint density at radius 2 is 2.00 bits per heavy atom. The Morgan fingerprint density at radius 3 is 2.76 bits per heavy atom. The molecule has 1 saturated heterocycles. The van der Waals surface area contributed by atoms with E-state index in [2.05, 4.69) is 42.7 Å². The number of hydrogen-bond acceptors (Lipinski definition) is 5. The number of guanidine groups is 1. The van der Waals surface area contributed by atoms with Crippen molar-refractivity contribution in [2.24, 2.45) is 4.99 Å². The van der Waals surface area contributed by atoms with Crippen molar-refractivity contribution in [1.29, 1.82) is 0 Å². The van der Waals surface area contributed by atoms with Gasteiger partial charge in [-0.3, -0.25) is 0 Å². The number of benzene rings is 1. The monoisotopic (exact) mass is 407 g/mol. The van der Waals surface area contributed by atoms with E-state index < -0.39 is 0 Å². The first kappa shape index (κ1) is 23.4. The van der Waals surface area contributed by atoms with Crippen LogP contribution in [0.15, 0.2) is 23.2 Å². The predicted octanol–water partition coefficient (Wildman–Crippen LogP) is 2.66. The molecule has 0 aliphatic carbocycles. The summed E-state index contributed by atoms with van der Waals surface area (Å²) in [6, 6.07) is 6.21. The minimum Gasteiger partial charge on any atom is -0.491 e. The van der Waals surface area contributed by atoms with Crippen LogP contribution in [0.1, 0.15) is 37.3 Å². The molecule has 164 valence electrons. The molecule has 7 nitrogen and oxygen atoms in total.